The first-order valence-electron chi connectivity index (χ1n) is 5.75. The summed E-state index contributed by atoms with van der Waals surface area (Å²) in [5.74, 6) is 0.346. The number of nitrogens with one attached hydrogen (secondary N) is 1. The Kier molecular flexibility index (Phi) is 3.17. The van der Waals surface area contributed by atoms with Crippen molar-refractivity contribution in [2.75, 3.05) is 5.32 Å². The highest BCUT2D eigenvalue weighted by Gasteiger charge is 2.19. The van der Waals surface area contributed by atoms with Crippen LogP contribution in [0.4, 0.5) is 5.88 Å². The van der Waals surface area contributed by atoms with Crippen LogP contribution in [0.3, 0.4) is 0 Å². The average molecular weight is 223 g/mol. The number of aromatic carboxylic acids is 1. The highest BCUT2D eigenvalue weighted by Crippen LogP contribution is 2.26. The van der Waals surface area contributed by atoms with Crippen LogP contribution in [0.2, 0.25) is 0 Å². The van der Waals surface area contributed by atoms with Crippen LogP contribution in [0.5, 0.6) is 0 Å². The van der Waals surface area contributed by atoms with Gasteiger partial charge in [-0.3, -0.25) is 0 Å². The van der Waals surface area contributed by atoms with E-state index >= 15 is 0 Å². The Balaban J connectivity index is 1.91. The summed E-state index contributed by atoms with van der Waals surface area (Å²) in [7, 11) is 0. The largest absolute Gasteiger partial charge is 0.475 e. The smallest absolute Gasteiger partial charge is 0.371 e. The molecule has 0 bridgehead atoms. The molecule has 4 nitrogen and oxygen atoms in total. The third-order valence-corrected chi connectivity index (χ3v) is 3.18. The minimum Gasteiger partial charge on any atom is -0.475 e. The molecule has 0 radical (unpaired) electrons. The molecule has 1 aromatic rings. The van der Waals surface area contributed by atoms with Gasteiger partial charge in [0.05, 0.1) is 0 Å². The van der Waals surface area contributed by atoms with Gasteiger partial charge < -0.3 is 14.8 Å². The molecule has 0 aliphatic heterocycles. The molecule has 1 aliphatic carbocycles. The summed E-state index contributed by atoms with van der Waals surface area (Å²) in [6.07, 6.45) is 4.71. The van der Waals surface area contributed by atoms with E-state index < -0.39 is 5.97 Å². The van der Waals surface area contributed by atoms with Crippen molar-refractivity contribution in [2.45, 2.75) is 38.6 Å². The van der Waals surface area contributed by atoms with E-state index in [1.54, 1.807) is 6.07 Å². The van der Waals surface area contributed by atoms with Crippen molar-refractivity contribution in [1.82, 2.24) is 0 Å². The van der Waals surface area contributed by atoms with Gasteiger partial charge in [0, 0.05) is 12.1 Å². The fourth-order valence-electron chi connectivity index (χ4n) is 2.14. The number of carbonyl (C=O) groups is 1. The van der Waals surface area contributed by atoms with E-state index in [1.807, 2.05) is 0 Å². The van der Waals surface area contributed by atoms with Crippen LogP contribution in [0.15, 0.2) is 16.5 Å². The zero-order valence-electron chi connectivity index (χ0n) is 9.40. The zero-order valence-corrected chi connectivity index (χ0v) is 9.40. The molecule has 1 heterocycles. The molecule has 1 aliphatic rings. The molecule has 0 spiro atoms. The van der Waals surface area contributed by atoms with E-state index in [0.717, 1.165) is 18.8 Å². The van der Waals surface area contributed by atoms with Crippen LogP contribution in [-0.2, 0) is 0 Å². The van der Waals surface area contributed by atoms with E-state index in [2.05, 4.69) is 12.2 Å². The Hall–Kier alpha value is -1.45. The van der Waals surface area contributed by atoms with E-state index in [1.165, 1.54) is 18.9 Å². The topological polar surface area (TPSA) is 62.5 Å². The number of rotatable bonds is 3. The summed E-state index contributed by atoms with van der Waals surface area (Å²) in [6, 6.07) is 3.58. The Labute approximate surface area is 94.6 Å². The summed E-state index contributed by atoms with van der Waals surface area (Å²) in [5.41, 5.74) is 0. The van der Waals surface area contributed by atoms with Crippen molar-refractivity contribution in [3.05, 3.63) is 17.9 Å². The van der Waals surface area contributed by atoms with Gasteiger partial charge in [-0.05, 0) is 37.7 Å². The lowest BCUT2D eigenvalue weighted by Crippen LogP contribution is -2.24. The van der Waals surface area contributed by atoms with Gasteiger partial charge in [0.25, 0.3) is 0 Å². The lowest BCUT2D eigenvalue weighted by Gasteiger charge is -2.26. The maximum atomic E-state index is 10.6. The van der Waals surface area contributed by atoms with Crippen LogP contribution in [0, 0.1) is 5.92 Å². The van der Waals surface area contributed by atoms with Crippen LogP contribution in [-0.4, -0.2) is 17.1 Å². The number of hydrogen-bond donors (Lipinski definition) is 2. The van der Waals surface area contributed by atoms with Gasteiger partial charge in [-0.25, -0.2) is 4.79 Å². The quantitative estimate of drug-likeness (QED) is 0.826. The predicted molar refractivity (Wildman–Crippen MR) is 60.7 cm³/mol. The molecular formula is C12H17NO3. The Bertz CT molecular complexity index is 364. The summed E-state index contributed by atoms with van der Waals surface area (Å²) in [4.78, 5) is 10.6. The molecule has 2 rings (SSSR count). The van der Waals surface area contributed by atoms with Gasteiger partial charge in [-0.15, -0.1) is 0 Å². The monoisotopic (exact) mass is 223 g/mol. The van der Waals surface area contributed by atoms with Gasteiger partial charge in [0.1, 0.15) is 0 Å². The SMILES string of the molecule is CC1CCC(Nc2ccc(C(=O)O)o2)CC1. The highest BCUT2D eigenvalue weighted by atomic mass is 16.4. The molecule has 0 saturated heterocycles. The fourth-order valence-corrected chi connectivity index (χ4v) is 2.14. The average Bonchev–Trinajstić information content (AvgIpc) is 2.70. The number of carboxylic acid groups (broad SMARTS) is 1. The number of anilines is 1. The van der Waals surface area contributed by atoms with Crippen LogP contribution >= 0.6 is 0 Å². The second-order valence-electron chi connectivity index (χ2n) is 4.57. The molecule has 0 amide bonds. The first-order valence-corrected chi connectivity index (χ1v) is 5.75. The van der Waals surface area contributed by atoms with Crippen LogP contribution in [0.25, 0.3) is 0 Å². The van der Waals surface area contributed by atoms with Crippen molar-refractivity contribution in [2.24, 2.45) is 5.92 Å². The fraction of sp³-hybridized carbons (Fsp3) is 0.583. The minimum absolute atomic E-state index is 0.00771. The van der Waals surface area contributed by atoms with E-state index in [0.29, 0.717) is 11.9 Å². The van der Waals surface area contributed by atoms with Gasteiger partial charge in [-0.2, -0.15) is 0 Å². The summed E-state index contributed by atoms with van der Waals surface area (Å²) in [6.45, 7) is 2.27. The van der Waals surface area contributed by atoms with Crippen molar-refractivity contribution >= 4 is 11.9 Å². The highest BCUT2D eigenvalue weighted by molar-refractivity contribution is 5.84. The molecular weight excluding hydrogens is 206 g/mol. The standard InChI is InChI=1S/C12H17NO3/c1-8-2-4-9(5-3-8)13-11-7-6-10(16-11)12(14)15/h6-9,13H,2-5H2,1H3,(H,14,15). The van der Waals surface area contributed by atoms with E-state index in [-0.39, 0.29) is 5.76 Å². The van der Waals surface area contributed by atoms with Crippen molar-refractivity contribution in [3.8, 4) is 0 Å². The molecule has 2 N–H and O–H groups in total. The number of furan rings is 1. The molecule has 16 heavy (non-hydrogen) atoms. The minimum atomic E-state index is -1.02. The molecule has 0 aromatic carbocycles. The van der Waals surface area contributed by atoms with Gasteiger partial charge in [-0.1, -0.05) is 6.92 Å². The normalized spacial score (nSPS) is 25.3. The summed E-state index contributed by atoms with van der Waals surface area (Å²) < 4.78 is 5.16. The van der Waals surface area contributed by atoms with E-state index in [9.17, 15) is 4.79 Å². The van der Waals surface area contributed by atoms with Gasteiger partial charge in [0.2, 0.25) is 5.76 Å². The number of carboxylic acids is 1. The van der Waals surface area contributed by atoms with Crippen LogP contribution < -0.4 is 5.32 Å². The van der Waals surface area contributed by atoms with Gasteiger partial charge in [0.15, 0.2) is 5.88 Å². The third-order valence-electron chi connectivity index (χ3n) is 3.18. The predicted octanol–water partition coefficient (Wildman–Crippen LogP) is 2.97. The Morgan fingerprint density at radius 2 is 2.06 bits per heavy atom. The maximum absolute atomic E-state index is 10.6. The maximum Gasteiger partial charge on any atom is 0.371 e. The molecule has 1 aromatic heterocycles. The third kappa shape index (κ3) is 2.56. The van der Waals surface area contributed by atoms with E-state index in [4.69, 9.17) is 9.52 Å². The van der Waals surface area contributed by atoms with Crippen molar-refractivity contribution < 1.29 is 14.3 Å². The molecule has 1 saturated carbocycles. The van der Waals surface area contributed by atoms with Crippen LogP contribution in [0.1, 0.15) is 43.2 Å². The first kappa shape index (κ1) is 11.0. The molecule has 1 fully saturated rings. The molecule has 0 atom stereocenters. The Morgan fingerprint density at radius 3 is 2.62 bits per heavy atom. The zero-order chi connectivity index (χ0) is 11.5. The Morgan fingerprint density at radius 1 is 1.38 bits per heavy atom. The first-order chi connectivity index (χ1) is 7.65. The second-order valence-corrected chi connectivity index (χ2v) is 4.57. The number of hydrogen-bond acceptors (Lipinski definition) is 3. The second kappa shape index (κ2) is 4.60. The van der Waals surface area contributed by atoms with Crippen molar-refractivity contribution in [3.63, 3.8) is 0 Å². The molecule has 0 unspecified atom stereocenters. The van der Waals surface area contributed by atoms with Gasteiger partial charge >= 0.3 is 5.97 Å². The molecule has 88 valence electrons. The van der Waals surface area contributed by atoms with Crippen molar-refractivity contribution in [1.29, 1.82) is 0 Å². The summed E-state index contributed by atoms with van der Waals surface area (Å²) in [5, 5.41) is 12.0. The summed E-state index contributed by atoms with van der Waals surface area (Å²) >= 11 is 0. The lowest BCUT2D eigenvalue weighted by atomic mass is 9.87. The molecule has 4 heteroatoms. The lowest BCUT2D eigenvalue weighted by molar-refractivity contribution is 0.0663.